The summed E-state index contributed by atoms with van der Waals surface area (Å²) >= 11 is 0. The average molecular weight is 630 g/mol. The fraction of sp³-hybridized carbons (Fsp3) is 0.459. The van der Waals surface area contributed by atoms with E-state index in [1.165, 1.54) is 13.2 Å². The van der Waals surface area contributed by atoms with Gasteiger partial charge in [0, 0.05) is 30.5 Å². The molecule has 2 aliphatic carbocycles. The molecule has 2 aromatic carbocycles. The summed E-state index contributed by atoms with van der Waals surface area (Å²) in [4.78, 5) is 19.2. The van der Waals surface area contributed by atoms with Crippen molar-refractivity contribution < 1.29 is 27.8 Å². The summed E-state index contributed by atoms with van der Waals surface area (Å²) in [5.41, 5.74) is 5.19. The van der Waals surface area contributed by atoms with Crippen molar-refractivity contribution in [3.63, 3.8) is 0 Å². The molecule has 1 aliphatic heterocycles. The van der Waals surface area contributed by atoms with Crippen LogP contribution in [0.2, 0.25) is 0 Å². The first-order valence-corrected chi connectivity index (χ1v) is 16.4. The van der Waals surface area contributed by atoms with Crippen molar-refractivity contribution in [2.24, 2.45) is 5.41 Å². The molecular formula is C37H44FN3O5. The number of allylic oxidation sites excluding steroid dienone is 6. The number of halogens is 1. The SMILES string of the molecule is CCOc1cc(CN2CCCC3(CC)C(Nc4nc5cc(CC(=O)OC)ccc5o4)CCC23)cc(OC)c1C1=CC=C(F)CC=C1. The van der Waals surface area contributed by atoms with Gasteiger partial charge in [0.1, 0.15) is 22.8 Å². The van der Waals surface area contributed by atoms with Gasteiger partial charge >= 0.3 is 5.97 Å². The molecule has 3 unspecified atom stereocenters. The van der Waals surface area contributed by atoms with Crippen molar-refractivity contribution in [2.45, 2.75) is 77.4 Å². The second-order valence-electron chi connectivity index (χ2n) is 12.5. The Morgan fingerprint density at radius 2 is 1.98 bits per heavy atom. The molecule has 6 rings (SSSR count). The van der Waals surface area contributed by atoms with Crippen molar-refractivity contribution in [3.8, 4) is 11.5 Å². The van der Waals surface area contributed by atoms with Gasteiger partial charge in [0.2, 0.25) is 0 Å². The summed E-state index contributed by atoms with van der Waals surface area (Å²) in [7, 11) is 3.07. The van der Waals surface area contributed by atoms with Crippen molar-refractivity contribution >= 4 is 28.7 Å². The van der Waals surface area contributed by atoms with Gasteiger partial charge in [0.15, 0.2) is 5.58 Å². The maximum atomic E-state index is 14.0. The van der Waals surface area contributed by atoms with Crippen LogP contribution in [0.3, 0.4) is 0 Å². The summed E-state index contributed by atoms with van der Waals surface area (Å²) < 4.78 is 37.0. The molecule has 1 saturated carbocycles. The Hall–Kier alpha value is -4.11. The third-order valence-electron chi connectivity index (χ3n) is 9.97. The van der Waals surface area contributed by atoms with Gasteiger partial charge in [-0.25, -0.2) is 4.39 Å². The Kier molecular flexibility index (Phi) is 9.49. The lowest BCUT2D eigenvalue weighted by molar-refractivity contribution is -0.139. The minimum atomic E-state index is -0.281. The van der Waals surface area contributed by atoms with Crippen molar-refractivity contribution in [1.82, 2.24) is 9.88 Å². The maximum Gasteiger partial charge on any atom is 0.309 e. The summed E-state index contributed by atoms with van der Waals surface area (Å²) in [5.74, 6) is 1.02. The quantitative estimate of drug-likeness (QED) is 0.215. The first-order chi connectivity index (χ1) is 22.4. The van der Waals surface area contributed by atoms with Gasteiger partial charge in [-0.3, -0.25) is 9.69 Å². The van der Waals surface area contributed by atoms with Gasteiger partial charge < -0.3 is 23.9 Å². The molecule has 3 aromatic rings. The highest BCUT2D eigenvalue weighted by molar-refractivity contribution is 5.83. The number of esters is 1. The van der Waals surface area contributed by atoms with Crippen molar-refractivity contribution in [2.75, 3.05) is 32.7 Å². The van der Waals surface area contributed by atoms with E-state index in [2.05, 4.69) is 29.3 Å². The van der Waals surface area contributed by atoms with Crippen molar-refractivity contribution in [1.29, 1.82) is 0 Å². The molecule has 0 amide bonds. The number of methoxy groups -OCH3 is 2. The van der Waals surface area contributed by atoms with E-state index in [-0.39, 0.29) is 36.1 Å². The van der Waals surface area contributed by atoms with Crippen LogP contribution in [0.15, 0.2) is 64.9 Å². The number of anilines is 1. The summed E-state index contributed by atoms with van der Waals surface area (Å²) in [6, 6.07) is 11.0. The maximum absolute atomic E-state index is 14.0. The Bertz CT molecular complexity index is 1680. The Labute approximate surface area is 270 Å². The number of fused-ring (bicyclic) bond motifs is 2. The van der Waals surface area contributed by atoms with E-state index in [0.717, 1.165) is 84.5 Å². The first kappa shape index (κ1) is 31.9. The minimum absolute atomic E-state index is 0.0775. The zero-order chi connectivity index (χ0) is 32.3. The van der Waals surface area contributed by atoms with E-state index < -0.39 is 0 Å². The number of nitrogens with one attached hydrogen (secondary N) is 1. The normalized spacial score (nSPS) is 23.0. The molecule has 244 valence electrons. The highest BCUT2D eigenvalue weighted by Crippen LogP contribution is 2.52. The van der Waals surface area contributed by atoms with E-state index in [1.807, 2.05) is 37.3 Å². The zero-order valence-corrected chi connectivity index (χ0v) is 27.2. The minimum Gasteiger partial charge on any atom is -0.496 e. The number of rotatable bonds is 11. The average Bonchev–Trinajstić information content (AvgIpc) is 3.56. The molecule has 2 fully saturated rings. The van der Waals surface area contributed by atoms with E-state index in [9.17, 15) is 9.18 Å². The number of hydrogen-bond donors (Lipinski definition) is 1. The molecule has 1 aromatic heterocycles. The number of carbonyl (C=O) groups excluding carboxylic acids is 1. The number of benzene rings is 2. The Balaban J connectivity index is 1.23. The molecular weight excluding hydrogens is 585 g/mol. The highest BCUT2D eigenvalue weighted by atomic mass is 19.1. The third kappa shape index (κ3) is 6.30. The molecule has 1 saturated heterocycles. The van der Waals surface area contributed by atoms with Gasteiger partial charge in [0.25, 0.3) is 6.01 Å². The zero-order valence-electron chi connectivity index (χ0n) is 27.2. The number of ether oxygens (including phenoxy) is 3. The second kappa shape index (κ2) is 13.7. The third-order valence-corrected chi connectivity index (χ3v) is 9.97. The smallest absolute Gasteiger partial charge is 0.309 e. The largest absolute Gasteiger partial charge is 0.496 e. The first-order valence-electron chi connectivity index (χ1n) is 16.4. The van der Waals surface area contributed by atoms with Gasteiger partial charge in [-0.15, -0.1) is 0 Å². The van der Waals surface area contributed by atoms with Crippen LogP contribution in [0.1, 0.15) is 69.1 Å². The van der Waals surface area contributed by atoms with E-state index in [4.69, 9.17) is 23.6 Å². The van der Waals surface area contributed by atoms with Gasteiger partial charge in [-0.2, -0.15) is 4.98 Å². The second-order valence-corrected chi connectivity index (χ2v) is 12.5. The number of oxazole rings is 1. The summed E-state index contributed by atoms with van der Waals surface area (Å²) in [6.07, 6.45) is 13.0. The topological polar surface area (TPSA) is 86.1 Å². The van der Waals surface area contributed by atoms with E-state index in [1.54, 1.807) is 13.2 Å². The number of aromatic nitrogens is 1. The fourth-order valence-electron chi connectivity index (χ4n) is 7.84. The fourth-order valence-corrected chi connectivity index (χ4v) is 7.84. The Morgan fingerprint density at radius 1 is 1.13 bits per heavy atom. The van der Waals surface area contributed by atoms with Crippen LogP contribution < -0.4 is 14.8 Å². The molecule has 3 atom stereocenters. The predicted octanol–water partition coefficient (Wildman–Crippen LogP) is 7.78. The van der Waals surface area contributed by atoms with Crippen LogP contribution in [0.25, 0.3) is 16.7 Å². The van der Waals surface area contributed by atoms with Crippen LogP contribution in [0.4, 0.5) is 10.4 Å². The van der Waals surface area contributed by atoms with Gasteiger partial charge in [-0.1, -0.05) is 31.2 Å². The number of nitrogens with zero attached hydrogens (tertiary/aromatic N) is 2. The van der Waals surface area contributed by atoms with Crippen molar-refractivity contribution in [3.05, 3.63) is 77.2 Å². The molecule has 1 N–H and O–H groups in total. The molecule has 8 nitrogen and oxygen atoms in total. The van der Waals surface area contributed by atoms with Crippen LogP contribution in [0, 0.1) is 5.41 Å². The lowest BCUT2D eigenvalue weighted by Gasteiger charge is -2.49. The molecule has 0 spiro atoms. The summed E-state index contributed by atoms with van der Waals surface area (Å²) in [5, 5.41) is 3.69. The van der Waals surface area contributed by atoms with Crippen LogP contribution in [0.5, 0.6) is 11.5 Å². The van der Waals surface area contributed by atoms with Gasteiger partial charge in [-0.05, 0) is 92.6 Å². The molecule has 46 heavy (non-hydrogen) atoms. The Morgan fingerprint density at radius 3 is 2.76 bits per heavy atom. The molecule has 0 bridgehead atoms. The predicted molar refractivity (Wildman–Crippen MR) is 178 cm³/mol. The van der Waals surface area contributed by atoms with Gasteiger partial charge in [0.05, 0.1) is 32.8 Å². The van der Waals surface area contributed by atoms with Crippen LogP contribution in [-0.2, 0) is 22.5 Å². The van der Waals surface area contributed by atoms with Crippen LogP contribution in [-0.4, -0.2) is 55.3 Å². The standard InChI is InChI=1S/C37H44FN3O5/c1-5-37-17-8-18-41(23-25-20-30(43-3)35(31(21-25)45-6-2)26-9-7-10-27(38)13-12-26)33(37)16-15-32(37)40-36-39-28-19-24(22-34(42)44-4)11-14-29(28)46-36/h7,9,11-14,19-21,32-33H,5-6,8,10,15-18,22-23H2,1-4H3,(H,39,40). The highest BCUT2D eigenvalue weighted by Gasteiger charge is 2.53. The number of hydrogen-bond acceptors (Lipinski definition) is 8. The van der Waals surface area contributed by atoms with E-state index >= 15 is 0 Å². The molecule has 2 heterocycles. The van der Waals surface area contributed by atoms with E-state index in [0.29, 0.717) is 24.2 Å². The number of piperidine rings is 1. The lowest BCUT2D eigenvalue weighted by Crippen LogP contribution is -2.53. The lowest BCUT2D eigenvalue weighted by atomic mass is 9.70. The molecule has 9 heteroatoms. The summed E-state index contributed by atoms with van der Waals surface area (Å²) in [6.45, 7) is 6.60. The number of carbonyl (C=O) groups is 1. The number of likely N-dealkylation sites (tertiary alicyclic amines) is 1. The molecule has 3 aliphatic rings. The molecule has 0 radical (unpaired) electrons. The monoisotopic (exact) mass is 629 g/mol. The van der Waals surface area contributed by atoms with Crippen LogP contribution >= 0.6 is 0 Å².